The summed E-state index contributed by atoms with van der Waals surface area (Å²) in [5, 5.41) is 12.0. The summed E-state index contributed by atoms with van der Waals surface area (Å²) in [5.41, 5.74) is 2.48. The van der Waals surface area contributed by atoms with Gasteiger partial charge in [-0.05, 0) is 34.9 Å². The van der Waals surface area contributed by atoms with Crippen molar-refractivity contribution in [1.29, 1.82) is 0 Å². The van der Waals surface area contributed by atoms with E-state index in [1.807, 2.05) is 42.5 Å². The van der Waals surface area contributed by atoms with Crippen LogP contribution in [0.25, 0.3) is 11.1 Å². The van der Waals surface area contributed by atoms with Crippen LogP contribution in [0, 0.1) is 11.8 Å². The maximum atomic E-state index is 13.8. The minimum atomic E-state index is -5.49. The smallest absolute Gasteiger partial charge is 0.353 e. The fourth-order valence-electron chi connectivity index (χ4n) is 5.26. The molecule has 254 valence electrons. The molecule has 0 aliphatic rings. The molecule has 13 heteroatoms. The molecule has 0 heterocycles. The molecule has 0 aliphatic heterocycles. The normalized spacial score (nSPS) is 15.0. The first-order valence-corrected chi connectivity index (χ1v) is 17.0. The fourth-order valence-corrected chi connectivity index (χ4v) is 6.95. The number of benzene rings is 2. The van der Waals surface area contributed by atoms with Crippen molar-refractivity contribution in [1.82, 2.24) is 10.6 Å². The second-order valence-electron chi connectivity index (χ2n) is 11.8. The molecule has 0 radical (unpaired) electrons. The lowest BCUT2D eigenvalue weighted by Crippen LogP contribution is -2.70. The fraction of sp³-hybridized carbons (Fsp3) is 0.515. The number of carbonyl (C=O) groups is 4. The van der Waals surface area contributed by atoms with E-state index >= 15 is 0 Å². The summed E-state index contributed by atoms with van der Waals surface area (Å²) in [6, 6.07) is 15.4. The van der Waals surface area contributed by atoms with E-state index < -0.39 is 66.8 Å². The molecule has 1 amide bonds. The quantitative estimate of drug-likeness (QED) is 0.113. The van der Waals surface area contributed by atoms with Gasteiger partial charge in [0.15, 0.2) is 5.28 Å². The van der Waals surface area contributed by atoms with Crippen molar-refractivity contribution in [3.05, 3.63) is 60.2 Å². The molecular formula is C33H47N2O10P. The molecule has 0 bridgehead atoms. The molecule has 3 unspecified atom stereocenters. The maximum absolute atomic E-state index is 13.8. The standard InChI is InChI=1S/C33H47N2O10P/c1-7-28(38)44-30(21(3)4)33(46(41,42)43,31(22(5)6)45-29(39)8-2)35-26(32(40)34-19-18-27(36)37)20-23-14-16-25(17-15-23)24-12-10-9-11-13-24/h9-17,21-22,26,30-31,35H,7-8,18-20H2,1-6H3,(H,34,40)(H,36,37)(H2,41,42,43). The number of amides is 1. The van der Waals surface area contributed by atoms with Crippen LogP contribution in [0.4, 0.5) is 0 Å². The monoisotopic (exact) mass is 662 g/mol. The van der Waals surface area contributed by atoms with E-state index in [1.54, 1.807) is 39.8 Å². The van der Waals surface area contributed by atoms with Gasteiger partial charge in [0.25, 0.3) is 0 Å². The first-order valence-electron chi connectivity index (χ1n) is 15.4. The molecule has 0 saturated carbocycles. The van der Waals surface area contributed by atoms with E-state index in [-0.39, 0.29) is 32.2 Å². The van der Waals surface area contributed by atoms with Crippen LogP contribution in [0.2, 0.25) is 0 Å². The van der Waals surface area contributed by atoms with Crippen molar-refractivity contribution in [2.75, 3.05) is 6.54 Å². The Bertz CT molecular complexity index is 1330. The highest BCUT2D eigenvalue weighted by Gasteiger charge is 2.64. The third-order valence-electron chi connectivity index (χ3n) is 7.52. The van der Waals surface area contributed by atoms with Gasteiger partial charge in [0.05, 0.1) is 12.5 Å². The Morgan fingerprint density at radius 1 is 0.804 bits per heavy atom. The van der Waals surface area contributed by atoms with E-state index in [0.717, 1.165) is 11.1 Å². The van der Waals surface area contributed by atoms with Crippen molar-refractivity contribution >= 4 is 31.4 Å². The maximum Gasteiger partial charge on any atom is 0.353 e. The van der Waals surface area contributed by atoms with Crippen LogP contribution in [0.15, 0.2) is 54.6 Å². The van der Waals surface area contributed by atoms with Gasteiger partial charge in [-0.3, -0.25) is 29.1 Å². The molecule has 2 rings (SSSR count). The number of hydrogen-bond donors (Lipinski definition) is 5. The molecule has 0 fully saturated rings. The number of nitrogens with one attached hydrogen (secondary N) is 2. The molecule has 0 aliphatic carbocycles. The third-order valence-corrected chi connectivity index (χ3v) is 9.12. The van der Waals surface area contributed by atoms with Crippen LogP contribution in [0.3, 0.4) is 0 Å². The Morgan fingerprint density at radius 2 is 1.28 bits per heavy atom. The SMILES string of the molecule is CCC(=O)OC(C(C)C)C(NC(Cc1ccc(-c2ccccc2)cc1)C(=O)NCCC(=O)O)(C(OC(=O)CC)C(C)C)P(=O)(O)O. The Balaban J connectivity index is 2.77. The highest BCUT2D eigenvalue weighted by molar-refractivity contribution is 7.53. The minimum absolute atomic E-state index is 0.102. The van der Waals surface area contributed by atoms with Gasteiger partial charge >= 0.3 is 25.5 Å². The van der Waals surface area contributed by atoms with Crippen LogP contribution < -0.4 is 10.6 Å². The zero-order valence-electron chi connectivity index (χ0n) is 27.3. The van der Waals surface area contributed by atoms with E-state index in [2.05, 4.69) is 10.6 Å². The van der Waals surface area contributed by atoms with Crippen molar-refractivity contribution in [2.24, 2.45) is 11.8 Å². The van der Waals surface area contributed by atoms with Gasteiger partial charge < -0.3 is 29.7 Å². The molecule has 0 aromatic heterocycles. The molecule has 5 N–H and O–H groups in total. The number of rotatable bonds is 18. The summed E-state index contributed by atoms with van der Waals surface area (Å²) in [7, 11) is -5.49. The summed E-state index contributed by atoms with van der Waals surface area (Å²) in [6.45, 7) is 9.21. The predicted octanol–water partition coefficient (Wildman–Crippen LogP) is 4.27. The lowest BCUT2D eigenvalue weighted by molar-refractivity contribution is -0.169. The van der Waals surface area contributed by atoms with Gasteiger partial charge in [0, 0.05) is 19.4 Å². The van der Waals surface area contributed by atoms with Crippen LogP contribution in [0.5, 0.6) is 0 Å². The van der Waals surface area contributed by atoms with Crippen molar-refractivity contribution < 1.29 is 48.1 Å². The summed E-state index contributed by atoms with van der Waals surface area (Å²) in [6.07, 6.45) is -3.82. The summed E-state index contributed by atoms with van der Waals surface area (Å²) < 4.78 is 25.3. The molecule has 2 aromatic carbocycles. The Morgan fingerprint density at radius 3 is 1.70 bits per heavy atom. The van der Waals surface area contributed by atoms with Gasteiger partial charge in [0.1, 0.15) is 12.2 Å². The molecule has 3 atom stereocenters. The minimum Gasteiger partial charge on any atom is -0.481 e. The highest BCUT2D eigenvalue weighted by Crippen LogP contribution is 2.57. The van der Waals surface area contributed by atoms with E-state index in [4.69, 9.17) is 14.6 Å². The summed E-state index contributed by atoms with van der Waals surface area (Å²) in [5.74, 6) is -4.84. The number of ether oxygens (including phenoxy) is 2. The predicted molar refractivity (Wildman–Crippen MR) is 173 cm³/mol. The van der Waals surface area contributed by atoms with Gasteiger partial charge in [0.2, 0.25) is 5.91 Å². The van der Waals surface area contributed by atoms with Crippen LogP contribution in [-0.4, -0.2) is 68.8 Å². The second kappa shape index (κ2) is 17.4. The van der Waals surface area contributed by atoms with Gasteiger partial charge in [-0.25, -0.2) is 0 Å². The van der Waals surface area contributed by atoms with Crippen LogP contribution >= 0.6 is 7.60 Å². The topological polar surface area (TPSA) is 189 Å². The second-order valence-corrected chi connectivity index (χ2v) is 13.6. The van der Waals surface area contributed by atoms with Gasteiger partial charge in [-0.15, -0.1) is 0 Å². The van der Waals surface area contributed by atoms with Crippen molar-refractivity contribution in [2.45, 2.75) is 90.8 Å². The zero-order chi connectivity index (χ0) is 34.7. The molecule has 2 aromatic rings. The molecule has 0 spiro atoms. The van der Waals surface area contributed by atoms with E-state index in [1.165, 1.54) is 13.8 Å². The average Bonchev–Trinajstić information content (AvgIpc) is 3.00. The third kappa shape index (κ3) is 10.2. The lowest BCUT2D eigenvalue weighted by atomic mass is 9.87. The summed E-state index contributed by atoms with van der Waals surface area (Å²) in [4.78, 5) is 72.7. The molecule has 46 heavy (non-hydrogen) atoms. The highest BCUT2D eigenvalue weighted by atomic mass is 31.2. The number of hydrogen-bond acceptors (Lipinski definition) is 8. The number of carboxylic acids is 1. The van der Waals surface area contributed by atoms with E-state index in [0.29, 0.717) is 5.56 Å². The largest absolute Gasteiger partial charge is 0.481 e. The Labute approximate surface area is 270 Å². The molecule has 12 nitrogen and oxygen atoms in total. The zero-order valence-corrected chi connectivity index (χ0v) is 28.2. The van der Waals surface area contributed by atoms with Gasteiger partial charge in [-0.2, -0.15) is 0 Å². The Hall–Kier alpha value is -3.57. The molecular weight excluding hydrogens is 615 g/mol. The van der Waals surface area contributed by atoms with Crippen molar-refractivity contribution in [3.8, 4) is 11.1 Å². The first-order chi connectivity index (χ1) is 21.6. The average molecular weight is 663 g/mol. The first kappa shape index (κ1) is 38.6. The van der Waals surface area contributed by atoms with Crippen molar-refractivity contribution in [3.63, 3.8) is 0 Å². The number of aliphatic carboxylic acids is 1. The Kier molecular flexibility index (Phi) is 14.6. The number of carboxylic acid groups (broad SMARTS) is 1. The summed E-state index contributed by atoms with van der Waals surface area (Å²) >= 11 is 0. The number of esters is 2. The van der Waals surface area contributed by atoms with Crippen LogP contribution in [0.1, 0.15) is 66.4 Å². The van der Waals surface area contributed by atoms with Crippen LogP contribution in [-0.2, 0) is 39.6 Å². The van der Waals surface area contributed by atoms with Gasteiger partial charge in [-0.1, -0.05) is 96.1 Å². The number of carbonyl (C=O) groups excluding carboxylic acids is 3. The van der Waals surface area contributed by atoms with E-state index in [9.17, 15) is 33.5 Å². The molecule has 0 saturated heterocycles. The lowest BCUT2D eigenvalue weighted by Gasteiger charge is -2.49.